The molecule has 2 rings (SSSR count). The van der Waals surface area contributed by atoms with Crippen molar-refractivity contribution in [2.45, 2.75) is 64.7 Å². The summed E-state index contributed by atoms with van der Waals surface area (Å²) < 4.78 is 15.7. The third kappa shape index (κ3) is 5.79. The molecule has 2 unspecified atom stereocenters. The first kappa shape index (κ1) is 19.9. The molecule has 0 bridgehead atoms. The summed E-state index contributed by atoms with van der Waals surface area (Å²) in [4.78, 5) is 0. The number of rotatable bonds is 7. The Morgan fingerprint density at radius 3 is 2.48 bits per heavy atom. The van der Waals surface area contributed by atoms with Gasteiger partial charge in [0.15, 0.2) is 0 Å². The van der Waals surface area contributed by atoms with Gasteiger partial charge in [0.1, 0.15) is 0 Å². The molecule has 2 atom stereocenters. The van der Waals surface area contributed by atoms with E-state index in [0.717, 1.165) is 12.0 Å². The second kappa shape index (κ2) is 8.77. The van der Waals surface area contributed by atoms with Crippen LogP contribution in [0.15, 0.2) is 54.1 Å². The van der Waals surface area contributed by atoms with E-state index in [-0.39, 0.29) is 10.8 Å². The molecular weight excluding hydrogens is 326 g/mol. The third-order valence-corrected chi connectivity index (χ3v) is 5.88. The molecule has 3 heteroatoms. The van der Waals surface area contributed by atoms with Gasteiger partial charge in [0, 0.05) is 0 Å². The maximum atomic E-state index is 12.7. The summed E-state index contributed by atoms with van der Waals surface area (Å²) in [6.07, 6.45) is 5.70. The maximum Gasteiger partial charge on any atom is 0.0978 e. The second-order valence-electron chi connectivity index (χ2n) is 7.70. The highest BCUT2D eigenvalue weighted by Gasteiger charge is 2.23. The van der Waals surface area contributed by atoms with Crippen LogP contribution in [-0.2, 0) is 11.0 Å². The predicted octanol–water partition coefficient (Wildman–Crippen LogP) is 6.07. The number of benzene rings is 2. The highest BCUT2D eigenvalue weighted by atomic mass is 32.2. The molecule has 0 aromatic heterocycles. The van der Waals surface area contributed by atoms with Gasteiger partial charge in [0.2, 0.25) is 0 Å². The lowest BCUT2D eigenvalue weighted by atomic mass is 9.99. The summed E-state index contributed by atoms with van der Waals surface area (Å²) in [7, 11) is -1.12. The third-order valence-electron chi connectivity index (χ3n) is 4.30. The van der Waals surface area contributed by atoms with Crippen molar-refractivity contribution in [1.29, 1.82) is 0 Å². The fourth-order valence-electron chi connectivity index (χ4n) is 2.72. The standard InChI is InChI=1S/C22H31NOS/c1-6-7-10-17(2)15-21(23-25(24)22(3,4)5)20-14-13-18-11-8-9-12-19(18)16-20/h8-9,11-16,21,23H,6-7,10H2,1-5H3/b17-15-. The maximum absolute atomic E-state index is 12.7. The Bertz CT molecular complexity index is 758. The molecular formula is C22H31NOS. The normalized spacial score (nSPS) is 15.3. The van der Waals surface area contributed by atoms with E-state index in [0.29, 0.717) is 0 Å². The molecule has 25 heavy (non-hydrogen) atoms. The van der Waals surface area contributed by atoms with Crippen molar-refractivity contribution in [2.24, 2.45) is 0 Å². The number of hydrogen-bond donors (Lipinski definition) is 1. The first-order valence-corrected chi connectivity index (χ1v) is 10.3. The minimum atomic E-state index is -1.12. The van der Waals surface area contributed by atoms with Crippen LogP contribution < -0.4 is 4.72 Å². The summed E-state index contributed by atoms with van der Waals surface area (Å²) in [5.74, 6) is 0. The van der Waals surface area contributed by atoms with Crippen LogP contribution in [-0.4, -0.2) is 8.96 Å². The Balaban J connectivity index is 2.36. The van der Waals surface area contributed by atoms with Gasteiger partial charge in [-0.15, -0.1) is 0 Å². The average molecular weight is 358 g/mol. The van der Waals surface area contributed by atoms with Gasteiger partial charge in [0.05, 0.1) is 21.8 Å². The molecule has 0 amide bonds. The lowest BCUT2D eigenvalue weighted by molar-refractivity contribution is 0.625. The number of allylic oxidation sites excluding steroid dienone is 1. The van der Waals surface area contributed by atoms with Crippen LogP contribution >= 0.6 is 0 Å². The molecule has 136 valence electrons. The van der Waals surface area contributed by atoms with Gasteiger partial charge in [-0.05, 0) is 62.9 Å². The smallest absolute Gasteiger partial charge is 0.0978 e. The second-order valence-corrected chi connectivity index (χ2v) is 9.70. The summed E-state index contributed by atoms with van der Waals surface area (Å²) in [5, 5.41) is 2.45. The highest BCUT2D eigenvalue weighted by Crippen LogP contribution is 2.25. The molecule has 2 aromatic rings. The van der Waals surface area contributed by atoms with E-state index >= 15 is 0 Å². The Morgan fingerprint density at radius 1 is 1.16 bits per heavy atom. The largest absolute Gasteiger partial charge is 0.242 e. The molecule has 0 aliphatic heterocycles. The van der Waals surface area contributed by atoms with Gasteiger partial charge < -0.3 is 0 Å². The first-order valence-electron chi connectivity index (χ1n) is 9.15. The van der Waals surface area contributed by atoms with E-state index in [1.807, 2.05) is 20.8 Å². The van der Waals surface area contributed by atoms with Crippen LogP contribution in [0.1, 0.15) is 65.5 Å². The van der Waals surface area contributed by atoms with E-state index < -0.39 is 11.0 Å². The molecule has 0 radical (unpaired) electrons. The Labute approximate surface area is 155 Å². The van der Waals surface area contributed by atoms with Crippen molar-refractivity contribution in [3.63, 3.8) is 0 Å². The van der Waals surface area contributed by atoms with E-state index in [9.17, 15) is 4.21 Å². The summed E-state index contributed by atoms with van der Waals surface area (Å²) in [6, 6.07) is 14.8. The summed E-state index contributed by atoms with van der Waals surface area (Å²) in [6.45, 7) is 10.4. The monoisotopic (exact) mass is 357 g/mol. The Hall–Kier alpha value is -1.45. The highest BCUT2D eigenvalue weighted by molar-refractivity contribution is 7.84. The van der Waals surface area contributed by atoms with Gasteiger partial charge in [-0.2, -0.15) is 0 Å². The van der Waals surface area contributed by atoms with Gasteiger partial charge in [-0.3, -0.25) is 0 Å². The number of hydrogen-bond acceptors (Lipinski definition) is 1. The van der Waals surface area contributed by atoms with Crippen LogP contribution in [0.2, 0.25) is 0 Å². The minimum Gasteiger partial charge on any atom is -0.242 e. The fraction of sp³-hybridized carbons (Fsp3) is 0.455. The molecule has 0 spiro atoms. The molecule has 0 aliphatic rings. The van der Waals surface area contributed by atoms with Gasteiger partial charge in [-0.1, -0.05) is 61.4 Å². The zero-order valence-electron chi connectivity index (χ0n) is 16.1. The molecule has 0 saturated heterocycles. The van der Waals surface area contributed by atoms with Crippen molar-refractivity contribution < 1.29 is 4.21 Å². The van der Waals surface area contributed by atoms with Crippen LogP contribution in [0.4, 0.5) is 0 Å². The lowest BCUT2D eigenvalue weighted by Gasteiger charge is -2.23. The van der Waals surface area contributed by atoms with E-state index in [2.05, 4.69) is 67.1 Å². The van der Waals surface area contributed by atoms with Crippen molar-refractivity contribution >= 4 is 21.8 Å². The molecule has 1 N–H and O–H groups in total. The fourth-order valence-corrected chi connectivity index (χ4v) is 3.50. The van der Waals surface area contributed by atoms with Gasteiger partial charge >= 0.3 is 0 Å². The molecule has 0 fully saturated rings. The zero-order valence-corrected chi connectivity index (χ0v) is 17.0. The van der Waals surface area contributed by atoms with Crippen molar-refractivity contribution in [1.82, 2.24) is 4.72 Å². The number of fused-ring (bicyclic) bond motifs is 1. The van der Waals surface area contributed by atoms with Crippen LogP contribution in [0.25, 0.3) is 10.8 Å². The van der Waals surface area contributed by atoms with E-state index in [4.69, 9.17) is 0 Å². The first-order chi connectivity index (χ1) is 11.8. The van der Waals surface area contributed by atoms with Crippen LogP contribution in [0.5, 0.6) is 0 Å². The predicted molar refractivity (Wildman–Crippen MR) is 111 cm³/mol. The van der Waals surface area contributed by atoms with Crippen molar-refractivity contribution in [2.75, 3.05) is 0 Å². The average Bonchev–Trinajstić information content (AvgIpc) is 2.58. The quantitative estimate of drug-likeness (QED) is 0.599. The van der Waals surface area contributed by atoms with Crippen LogP contribution in [0.3, 0.4) is 0 Å². The molecule has 0 heterocycles. The topological polar surface area (TPSA) is 29.1 Å². The SMILES string of the molecule is CCCC/C(C)=C\C(NS(=O)C(C)(C)C)c1ccc2ccccc2c1. The molecule has 2 aromatic carbocycles. The summed E-state index contributed by atoms with van der Waals surface area (Å²) in [5.41, 5.74) is 2.51. The molecule has 0 saturated carbocycles. The Kier molecular flexibility index (Phi) is 6.97. The lowest BCUT2D eigenvalue weighted by Crippen LogP contribution is -2.35. The van der Waals surface area contributed by atoms with Gasteiger partial charge in [-0.25, -0.2) is 8.93 Å². The molecule has 0 aliphatic carbocycles. The summed E-state index contributed by atoms with van der Waals surface area (Å²) >= 11 is 0. The zero-order chi connectivity index (χ0) is 18.4. The molecule has 2 nitrogen and oxygen atoms in total. The Morgan fingerprint density at radius 2 is 1.84 bits per heavy atom. The van der Waals surface area contributed by atoms with Gasteiger partial charge in [0.25, 0.3) is 0 Å². The van der Waals surface area contributed by atoms with Crippen molar-refractivity contribution in [3.8, 4) is 0 Å². The van der Waals surface area contributed by atoms with Crippen molar-refractivity contribution in [3.05, 3.63) is 59.7 Å². The number of nitrogens with one attached hydrogen (secondary N) is 1. The minimum absolute atomic E-state index is 0.0403. The number of unbranched alkanes of at least 4 members (excludes halogenated alkanes) is 1. The van der Waals surface area contributed by atoms with Crippen LogP contribution in [0, 0.1) is 0 Å². The van der Waals surface area contributed by atoms with E-state index in [1.54, 1.807) is 0 Å². The van der Waals surface area contributed by atoms with E-state index in [1.165, 1.54) is 29.2 Å².